The number of fused-ring (bicyclic) bond motifs is 1. The number of nitrogens with one attached hydrogen (secondary N) is 1. The van der Waals surface area contributed by atoms with Gasteiger partial charge in [-0.05, 0) is 31.2 Å². The quantitative estimate of drug-likeness (QED) is 0.811. The van der Waals surface area contributed by atoms with Gasteiger partial charge in [0.25, 0.3) is 5.91 Å². The zero-order valence-electron chi connectivity index (χ0n) is 12.5. The first-order valence-corrected chi connectivity index (χ1v) is 6.81. The highest BCUT2D eigenvalue weighted by Crippen LogP contribution is 2.32. The van der Waals surface area contributed by atoms with Crippen LogP contribution < -0.4 is 15.0 Å². The zero-order chi connectivity index (χ0) is 15.4. The molecule has 21 heavy (non-hydrogen) atoms. The maximum atomic E-state index is 11.7. The summed E-state index contributed by atoms with van der Waals surface area (Å²) in [5, 5.41) is 3.10. The molecule has 1 unspecified atom stereocenters. The number of anilines is 1. The number of hydrogen-bond acceptors (Lipinski definition) is 5. The fourth-order valence-electron chi connectivity index (χ4n) is 2.29. The first kappa shape index (κ1) is 15.3. The van der Waals surface area contributed by atoms with E-state index in [1.807, 2.05) is 25.2 Å². The van der Waals surface area contributed by atoms with Crippen molar-refractivity contribution >= 4 is 17.6 Å². The molecule has 1 heterocycles. The van der Waals surface area contributed by atoms with Gasteiger partial charge in [-0.25, -0.2) is 0 Å². The predicted octanol–water partition coefficient (Wildman–Crippen LogP) is 0.735. The molecule has 0 aliphatic carbocycles. The molecule has 1 N–H and O–H groups in total. The Bertz CT molecular complexity index is 544. The maximum absolute atomic E-state index is 11.7. The Kier molecular flexibility index (Phi) is 4.80. The third-order valence-corrected chi connectivity index (χ3v) is 3.64. The normalized spacial score (nSPS) is 15.2. The van der Waals surface area contributed by atoms with Crippen LogP contribution in [0.3, 0.4) is 0 Å². The summed E-state index contributed by atoms with van der Waals surface area (Å²) in [5.41, 5.74) is 1.79. The lowest BCUT2D eigenvalue weighted by molar-refractivity contribution is -0.141. The Balaban J connectivity index is 2.14. The van der Waals surface area contributed by atoms with Crippen LogP contribution in [0.25, 0.3) is 0 Å². The SMILES string of the molecule is CNC(CC(=O)OC)Cc1ccc2c(c1)N(C)C(=O)CO2. The second-order valence-corrected chi connectivity index (χ2v) is 5.01. The molecule has 0 spiro atoms. The zero-order valence-corrected chi connectivity index (χ0v) is 12.5. The van der Waals surface area contributed by atoms with Crippen LogP contribution in [-0.4, -0.2) is 45.7 Å². The minimum Gasteiger partial charge on any atom is -0.482 e. The van der Waals surface area contributed by atoms with Crippen LogP contribution in [0.4, 0.5) is 5.69 Å². The topological polar surface area (TPSA) is 67.9 Å². The van der Waals surface area contributed by atoms with Crippen LogP contribution in [0.1, 0.15) is 12.0 Å². The van der Waals surface area contributed by atoms with Crippen molar-refractivity contribution in [2.24, 2.45) is 0 Å². The van der Waals surface area contributed by atoms with E-state index in [4.69, 9.17) is 9.47 Å². The van der Waals surface area contributed by atoms with Gasteiger partial charge in [-0.2, -0.15) is 0 Å². The molecule has 1 aliphatic rings. The molecule has 6 nitrogen and oxygen atoms in total. The average Bonchev–Trinajstić information content (AvgIpc) is 2.50. The van der Waals surface area contributed by atoms with E-state index >= 15 is 0 Å². The van der Waals surface area contributed by atoms with Crippen LogP contribution in [-0.2, 0) is 20.7 Å². The largest absolute Gasteiger partial charge is 0.482 e. The number of carbonyl (C=O) groups is 2. The van der Waals surface area contributed by atoms with Gasteiger partial charge in [0.2, 0.25) is 0 Å². The Labute approximate surface area is 124 Å². The van der Waals surface area contributed by atoms with Crippen LogP contribution in [0, 0.1) is 0 Å². The first-order valence-electron chi connectivity index (χ1n) is 6.81. The predicted molar refractivity (Wildman–Crippen MR) is 78.5 cm³/mol. The summed E-state index contributed by atoms with van der Waals surface area (Å²) in [7, 11) is 4.92. The molecule has 0 radical (unpaired) electrons. The highest BCUT2D eigenvalue weighted by molar-refractivity contribution is 5.97. The van der Waals surface area contributed by atoms with Crippen molar-refractivity contribution in [2.75, 3.05) is 32.7 Å². The summed E-state index contributed by atoms with van der Waals surface area (Å²) in [6.45, 7) is 0.0737. The first-order chi connectivity index (χ1) is 10.0. The molecule has 1 aromatic rings. The van der Waals surface area contributed by atoms with E-state index in [-0.39, 0.29) is 24.5 Å². The molecule has 1 aromatic carbocycles. The summed E-state index contributed by atoms with van der Waals surface area (Å²) < 4.78 is 10.1. The van der Waals surface area contributed by atoms with Crippen molar-refractivity contribution in [1.82, 2.24) is 5.32 Å². The number of carbonyl (C=O) groups excluding carboxylic acids is 2. The van der Waals surface area contributed by atoms with Crippen molar-refractivity contribution in [3.63, 3.8) is 0 Å². The lowest BCUT2D eigenvalue weighted by Gasteiger charge is -2.26. The highest BCUT2D eigenvalue weighted by atomic mass is 16.5. The molecule has 0 bridgehead atoms. The Morgan fingerprint density at radius 1 is 1.52 bits per heavy atom. The smallest absolute Gasteiger partial charge is 0.307 e. The second kappa shape index (κ2) is 6.58. The molecule has 1 amide bonds. The number of rotatable bonds is 5. The highest BCUT2D eigenvalue weighted by Gasteiger charge is 2.23. The van der Waals surface area contributed by atoms with Crippen molar-refractivity contribution in [3.05, 3.63) is 23.8 Å². The Morgan fingerprint density at radius 3 is 2.95 bits per heavy atom. The minimum atomic E-state index is -0.247. The maximum Gasteiger partial charge on any atom is 0.307 e. The van der Waals surface area contributed by atoms with E-state index in [9.17, 15) is 9.59 Å². The summed E-state index contributed by atoms with van der Waals surface area (Å²) in [4.78, 5) is 24.6. The number of amides is 1. The number of benzene rings is 1. The fraction of sp³-hybridized carbons (Fsp3) is 0.467. The summed E-state index contributed by atoms with van der Waals surface area (Å²) in [6, 6.07) is 5.72. The molecule has 2 rings (SSSR count). The van der Waals surface area contributed by atoms with Gasteiger partial charge in [-0.1, -0.05) is 6.07 Å². The molecule has 6 heteroatoms. The van der Waals surface area contributed by atoms with Gasteiger partial charge in [0.1, 0.15) is 5.75 Å². The lowest BCUT2D eigenvalue weighted by Crippen LogP contribution is -2.35. The van der Waals surface area contributed by atoms with Crippen LogP contribution in [0.15, 0.2) is 18.2 Å². The van der Waals surface area contributed by atoms with E-state index in [0.717, 1.165) is 11.3 Å². The molecule has 1 atom stereocenters. The van der Waals surface area contributed by atoms with Gasteiger partial charge >= 0.3 is 5.97 Å². The van der Waals surface area contributed by atoms with Crippen molar-refractivity contribution in [1.29, 1.82) is 0 Å². The van der Waals surface area contributed by atoms with E-state index in [0.29, 0.717) is 18.6 Å². The average molecular weight is 292 g/mol. The standard InChI is InChI=1S/C15H20N2O4/c1-16-11(8-15(19)20-3)6-10-4-5-13-12(7-10)17(2)14(18)9-21-13/h4-5,7,11,16H,6,8-9H2,1-3H3. The number of esters is 1. The van der Waals surface area contributed by atoms with Crippen LogP contribution in [0.2, 0.25) is 0 Å². The number of hydrogen-bond donors (Lipinski definition) is 1. The summed E-state index contributed by atoms with van der Waals surface area (Å²) in [5.74, 6) is 0.386. The molecule has 0 saturated heterocycles. The van der Waals surface area contributed by atoms with Gasteiger partial charge in [-0.15, -0.1) is 0 Å². The van der Waals surface area contributed by atoms with Crippen molar-refractivity contribution < 1.29 is 19.1 Å². The molecular formula is C15H20N2O4. The monoisotopic (exact) mass is 292 g/mol. The molecule has 1 aliphatic heterocycles. The third kappa shape index (κ3) is 3.52. The molecule has 114 valence electrons. The number of ether oxygens (including phenoxy) is 2. The molecule has 0 aromatic heterocycles. The van der Waals surface area contributed by atoms with Crippen molar-refractivity contribution in [2.45, 2.75) is 18.9 Å². The number of likely N-dealkylation sites (N-methyl/N-ethyl adjacent to an activating group) is 2. The summed E-state index contributed by atoms with van der Waals surface area (Å²) in [6.07, 6.45) is 0.969. The second-order valence-electron chi connectivity index (χ2n) is 5.01. The van der Waals surface area contributed by atoms with Gasteiger partial charge in [0.15, 0.2) is 6.61 Å². The summed E-state index contributed by atoms with van der Waals surface area (Å²) >= 11 is 0. The Morgan fingerprint density at radius 2 is 2.29 bits per heavy atom. The fourth-order valence-corrected chi connectivity index (χ4v) is 2.29. The van der Waals surface area contributed by atoms with Gasteiger partial charge in [0, 0.05) is 13.1 Å². The third-order valence-electron chi connectivity index (χ3n) is 3.64. The van der Waals surface area contributed by atoms with Gasteiger partial charge in [-0.3, -0.25) is 9.59 Å². The van der Waals surface area contributed by atoms with Crippen molar-refractivity contribution in [3.8, 4) is 5.75 Å². The lowest BCUT2D eigenvalue weighted by atomic mass is 10.0. The molecule has 0 fully saturated rings. The number of methoxy groups -OCH3 is 1. The van der Waals surface area contributed by atoms with E-state index in [2.05, 4.69) is 5.32 Å². The van der Waals surface area contributed by atoms with E-state index in [1.54, 1.807) is 11.9 Å². The van der Waals surface area contributed by atoms with Gasteiger partial charge < -0.3 is 19.7 Å². The minimum absolute atomic E-state index is 0.0129. The number of nitrogens with zero attached hydrogens (tertiary/aromatic N) is 1. The van der Waals surface area contributed by atoms with Crippen LogP contribution in [0.5, 0.6) is 5.75 Å². The van der Waals surface area contributed by atoms with E-state index < -0.39 is 0 Å². The van der Waals surface area contributed by atoms with Gasteiger partial charge in [0.05, 0.1) is 19.2 Å². The van der Waals surface area contributed by atoms with E-state index in [1.165, 1.54) is 7.11 Å². The van der Waals surface area contributed by atoms with Crippen LogP contribution >= 0.6 is 0 Å². The molecule has 0 saturated carbocycles. The molecular weight excluding hydrogens is 272 g/mol. The Hall–Kier alpha value is -2.08.